The van der Waals surface area contributed by atoms with Crippen molar-refractivity contribution in [3.8, 4) is 0 Å². The normalized spacial score (nSPS) is 10.7. The van der Waals surface area contributed by atoms with E-state index in [1.807, 2.05) is 0 Å². The van der Waals surface area contributed by atoms with Gasteiger partial charge in [0.2, 0.25) is 0 Å². The zero-order valence-corrected chi connectivity index (χ0v) is 10.2. The Morgan fingerprint density at radius 3 is 3.05 bits per heavy atom. The molecule has 0 atom stereocenters. The summed E-state index contributed by atoms with van der Waals surface area (Å²) in [5.41, 5.74) is 7.09. The third-order valence-electron chi connectivity index (χ3n) is 2.83. The molecular weight excluding hydrogens is 261 g/mol. The molecule has 3 aromatic rings. The molecule has 0 aliphatic heterocycles. The van der Waals surface area contributed by atoms with Gasteiger partial charge in [-0.2, -0.15) is 5.10 Å². The van der Waals surface area contributed by atoms with Crippen LogP contribution in [-0.4, -0.2) is 20.5 Å². The van der Waals surface area contributed by atoms with Crippen LogP contribution in [0.5, 0.6) is 0 Å². The molecule has 20 heavy (non-hydrogen) atoms. The molecule has 7 heteroatoms. The van der Waals surface area contributed by atoms with E-state index in [9.17, 15) is 9.18 Å². The number of carbonyl (C=O) groups excluding carboxylic acids is 1. The number of nitrogens with one attached hydrogen (secondary N) is 1. The molecule has 0 aliphatic rings. The molecule has 3 N–H and O–H groups in total. The Morgan fingerprint density at radius 1 is 1.35 bits per heavy atom. The van der Waals surface area contributed by atoms with Crippen molar-refractivity contribution in [2.45, 2.75) is 0 Å². The molecule has 0 saturated heterocycles. The number of nitrogens with zero attached hydrogens (tertiary/aromatic N) is 3. The Morgan fingerprint density at radius 2 is 2.20 bits per heavy atom. The number of nitrogen functional groups attached to an aromatic ring is 1. The second-order valence-corrected chi connectivity index (χ2v) is 4.15. The number of fused-ring (bicyclic) bond motifs is 1. The number of hydrogen-bond donors (Lipinski definition) is 2. The van der Waals surface area contributed by atoms with Crippen molar-refractivity contribution in [2.75, 3.05) is 11.1 Å². The van der Waals surface area contributed by atoms with Crippen molar-refractivity contribution in [3.63, 3.8) is 0 Å². The molecule has 100 valence electrons. The molecule has 2 aromatic heterocycles. The van der Waals surface area contributed by atoms with Crippen LogP contribution in [0, 0.1) is 5.82 Å². The summed E-state index contributed by atoms with van der Waals surface area (Å²) >= 11 is 0. The molecule has 0 aliphatic carbocycles. The lowest BCUT2D eigenvalue weighted by Crippen LogP contribution is -2.13. The number of nitrogens with two attached hydrogens (primary N) is 1. The first-order valence-electron chi connectivity index (χ1n) is 5.79. The highest BCUT2D eigenvalue weighted by Gasteiger charge is 2.14. The average molecular weight is 271 g/mol. The molecule has 3 rings (SSSR count). The van der Waals surface area contributed by atoms with Gasteiger partial charge in [0.15, 0.2) is 0 Å². The van der Waals surface area contributed by atoms with Gasteiger partial charge >= 0.3 is 0 Å². The summed E-state index contributed by atoms with van der Waals surface area (Å²) in [6, 6.07) is 3.78. The molecule has 0 spiro atoms. The van der Waals surface area contributed by atoms with Crippen LogP contribution in [0.2, 0.25) is 0 Å². The zero-order chi connectivity index (χ0) is 14.1. The maximum Gasteiger partial charge on any atom is 0.259 e. The predicted molar refractivity (Wildman–Crippen MR) is 71.8 cm³/mol. The quantitative estimate of drug-likeness (QED) is 0.695. The molecule has 6 nitrogen and oxygen atoms in total. The van der Waals surface area contributed by atoms with Crippen LogP contribution in [0.25, 0.3) is 5.52 Å². The van der Waals surface area contributed by atoms with Gasteiger partial charge < -0.3 is 11.1 Å². The number of amides is 1. The second kappa shape index (κ2) is 4.61. The first kappa shape index (κ1) is 12.1. The SMILES string of the molecule is Nc1ccc(F)cc1NC(=O)c1cnn2ccncc12. The lowest BCUT2D eigenvalue weighted by Gasteiger charge is -2.07. The number of anilines is 2. The lowest BCUT2D eigenvalue weighted by atomic mass is 10.2. The Hall–Kier alpha value is -2.96. The molecule has 0 radical (unpaired) electrons. The highest BCUT2D eigenvalue weighted by atomic mass is 19.1. The summed E-state index contributed by atoms with van der Waals surface area (Å²) in [5.74, 6) is -0.902. The third-order valence-corrected chi connectivity index (χ3v) is 2.83. The Labute approximate surface area is 113 Å². The van der Waals surface area contributed by atoms with Gasteiger partial charge in [-0.3, -0.25) is 9.78 Å². The van der Waals surface area contributed by atoms with Gasteiger partial charge in [-0.1, -0.05) is 0 Å². The molecule has 2 heterocycles. The van der Waals surface area contributed by atoms with E-state index in [0.717, 1.165) is 6.07 Å². The fraction of sp³-hybridized carbons (Fsp3) is 0. The minimum absolute atomic E-state index is 0.221. The topological polar surface area (TPSA) is 85.3 Å². The van der Waals surface area contributed by atoms with Crippen molar-refractivity contribution < 1.29 is 9.18 Å². The van der Waals surface area contributed by atoms with Gasteiger partial charge in [-0.15, -0.1) is 0 Å². The maximum atomic E-state index is 13.2. The summed E-state index contributed by atoms with van der Waals surface area (Å²) in [5, 5.41) is 6.59. The van der Waals surface area contributed by atoms with Crippen LogP contribution in [0.3, 0.4) is 0 Å². The largest absolute Gasteiger partial charge is 0.397 e. The molecule has 1 amide bonds. The van der Waals surface area contributed by atoms with E-state index in [1.54, 1.807) is 12.4 Å². The fourth-order valence-electron chi connectivity index (χ4n) is 1.84. The number of hydrogen-bond acceptors (Lipinski definition) is 4. The highest BCUT2D eigenvalue weighted by Crippen LogP contribution is 2.20. The molecule has 0 saturated carbocycles. The number of halogens is 1. The first-order chi connectivity index (χ1) is 9.65. The van der Waals surface area contributed by atoms with Gasteiger partial charge in [0.05, 0.1) is 34.8 Å². The second-order valence-electron chi connectivity index (χ2n) is 4.15. The van der Waals surface area contributed by atoms with E-state index >= 15 is 0 Å². The smallest absolute Gasteiger partial charge is 0.259 e. The van der Waals surface area contributed by atoms with Gasteiger partial charge in [-0.05, 0) is 18.2 Å². The van der Waals surface area contributed by atoms with Crippen molar-refractivity contribution in [1.29, 1.82) is 0 Å². The average Bonchev–Trinajstić information content (AvgIpc) is 2.87. The van der Waals surface area contributed by atoms with E-state index < -0.39 is 11.7 Å². The molecule has 0 unspecified atom stereocenters. The number of carbonyl (C=O) groups is 1. The van der Waals surface area contributed by atoms with Crippen molar-refractivity contribution in [1.82, 2.24) is 14.6 Å². The monoisotopic (exact) mass is 271 g/mol. The third kappa shape index (κ3) is 2.05. The van der Waals surface area contributed by atoms with Crippen LogP contribution in [0.1, 0.15) is 10.4 Å². The van der Waals surface area contributed by atoms with E-state index in [1.165, 1.54) is 29.0 Å². The van der Waals surface area contributed by atoms with E-state index in [-0.39, 0.29) is 11.4 Å². The highest BCUT2D eigenvalue weighted by molar-refractivity contribution is 6.09. The van der Waals surface area contributed by atoms with Gasteiger partial charge in [0.25, 0.3) is 5.91 Å². The standard InChI is InChI=1S/C13H10FN5O/c14-8-1-2-10(15)11(5-8)18-13(20)9-6-17-19-4-3-16-7-12(9)19/h1-7H,15H2,(H,18,20). The van der Waals surface area contributed by atoms with Crippen LogP contribution < -0.4 is 11.1 Å². The van der Waals surface area contributed by atoms with Crippen molar-refractivity contribution in [2.24, 2.45) is 0 Å². The summed E-state index contributed by atoms with van der Waals surface area (Å²) in [7, 11) is 0. The maximum absolute atomic E-state index is 13.2. The lowest BCUT2D eigenvalue weighted by molar-refractivity contribution is 0.102. The predicted octanol–water partition coefficient (Wildman–Crippen LogP) is 1.70. The van der Waals surface area contributed by atoms with Crippen LogP contribution >= 0.6 is 0 Å². The molecule has 0 bridgehead atoms. The van der Waals surface area contributed by atoms with Gasteiger partial charge in [0, 0.05) is 12.4 Å². The van der Waals surface area contributed by atoms with Crippen molar-refractivity contribution in [3.05, 3.63) is 54.4 Å². The summed E-state index contributed by atoms with van der Waals surface area (Å²) < 4.78 is 14.7. The summed E-state index contributed by atoms with van der Waals surface area (Å²) in [6.45, 7) is 0. The van der Waals surface area contributed by atoms with Crippen LogP contribution in [0.15, 0.2) is 43.0 Å². The first-order valence-corrected chi connectivity index (χ1v) is 5.79. The summed E-state index contributed by atoms with van der Waals surface area (Å²) in [4.78, 5) is 16.1. The van der Waals surface area contributed by atoms with Crippen LogP contribution in [0.4, 0.5) is 15.8 Å². The zero-order valence-electron chi connectivity index (χ0n) is 10.2. The number of benzene rings is 1. The Bertz CT molecular complexity index is 798. The molecule has 0 fully saturated rings. The van der Waals surface area contributed by atoms with Gasteiger partial charge in [-0.25, -0.2) is 8.91 Å². The van der Waals surface area contributed by atoms with E-state index in [2.05, 4.69) is 15.4 Å². The molecular formula is C13H10FN5O. The van der Waals surface area contributed by atoms with Gasteiger partial charge in [0.1, 0.15) is 5.82 Å². The Balaban J connectivity index is 1.95. The van der Waals surface area contributed by atoms with Crippen LogP contribution in [-0.2, 0) is 0 Å². The summed E-state index contributed by atoms with van der Waals surface area (Å²) in [6.07, 6.45) is 6.13. The number of aromatic nitrogens is 3. The van der Waals surface area contributed by atoms with E-state index in [4.69, 9.17) is 5.73 Å². The fourth-order valence-corrected chi connectivity index (χ4v) is 1.84. The molecule has 1 aromatic carbocycles. The number of rotatable bonds is 2. The van der Waals surface area contributed by atoms with E-state index in [0.29, 0.717) is 11.1 Å². The minimum atomic E-state index is -0.476. The minimum Gasteiger partial charge on any atom is -0.397 e. The van der Waals surface area contributed by atoms with Crippen molar-refractivity contribution >= 4 is 22.8 Å². The Kier molecular flexibility index (Phi) is 2.79.